The van der Waals surface area contributed by atoms with E-state index in [9.17, 15) is 18.0 Å². The Bertz CT molecular complexity index is 1260. The average Bonchev–Trinajstić information content (AvgIpc) is 2.90. The zero-order valence-electron chi connectivity index (χ0n) is 23.5. The molecule has 39 heavy (non-hydrogen) atoms. The van der Waals surface area contributed by atoms with E-state index in [4.69, 9.17) is 14.2 Å². The molecule has 1 atom stereocenters. The predicted molar refractivity (Wildman–Crippen MR) is 150 cm³/mol. The van der Waals surface area contributed by atoms with Gasteiger partial charge in [-0.15, -0.1) is 0 Å². The monoisotopic (exact) mass is 561 g/mol. The van der Waals surface area contributed by atoms with Crippen LogP contribution in [0.3, 0.4) is 0 Å². The minimum atomic E-state index is -3.86. The molecule has 0 spiro atoms. The van der Waals surface area contributed by atoms with Gasteiger partial charge in [-0.3, -0.25) is 13.9 Å². The molecule has 1 N–H and O–H groups in total. The smallest absolute Gasteiger partial charge is 0.244 e. The molecular formula is C28H39N3O7S. The number of carbonyl (C=O) groups excluding carboxylic acids is 2. The molecule has 0 unspecified atom stereocenters. The number of methoxy groups -OCH3 is 1. The maximum absolute atomic E-state index is 13.9. The van der Waals surface area contributed by atoms with Crippen LogP contribution in [-0.4, -0.2) is 69.3 Å². The van der Waals surface area contributed by atoms with Crippen molar-refractivity contribution in [2.24, 2.45) is 0 Å². The fraction of sp³-hybridized carbons (Fsp3) is 0.500. The summed E-state index contributed by atoms with van der Waals surface area (Å²) in [5.74, 6) is 0.553. The number of hydrogen-bond donors (Lipinski definition) is 1. The first-order chi connectivity index (χ1) is 18.4. The van der Waals surface area contributed by atoms with Gasteiger partial charge in [0.1, 0.15) is 31.5 Å². The number of amides is 2. The molecule has 0 fully saturated rings. The average molecular weight is 562 g/mol. The molecule has 0 bridgehead atoms. The minimum Gasteiger partial charge on any atom is -0.497 e. The van der Waals surface area contributed by atoms with Crippen molar-refractivity contribution in [2.45, 2.75) is 59.2 Å². The zero-order chi connectivity index (χ0) is 28.8. The number of nitrogens with one attached hydrogen (secondary N) is 1. The van der Waals surface area contributed by atoms with Crippen LogP contribution in [0.2, 0.25) is 0 Å². The lowest BCUT2D eigenvalue weighted by atomic mass is 10.1. The number of fused-ring (bicyclic) bond motifs is 1. The molecular weight excluding hydrogens is 522 g/mol. The summed E-state index contributed by atoms with van der Waals surface area (Å²) in [7, 11) is -2.29. The molecule has 214 valence electrons. The summed E-state index contributed by atoms with van der Waals surface area (Å²) in [6, 6.07) is 11.1. The van der Waals surface area contributed by atoms with Crippen LogP contribution in [0.4, 0.5) is 5.69 Å². The van der Waals surface area contributed by atoms with Gasteiger partial charge in [-0.05, 0) is 63.9 Å². The largest absolute Gasteiger partial charge is 0.497 e. The molecule has 0 radical (unpaired) electrons. The van der Waals surface area contributed by atoms with E-state index in [1.54, 1.807) is 37.4 Å². The summed E-state index contributed by atoms with van der Waals surface area (Å²) in [4.78, 5) is 28.7. The summed E-state index contributed by atoms with van der Waals surface area (Å²) in [5.41, 5.74) is 0.545. The van der Waals surface area contributed by atoms with Gasteiger partial charge in [0.2, 0.25) is 21.8 Å². The Kier molecular flexibility index (Phi) is 9.71. The van der Waals surface area contributed by atoms with E-state index in [0.717, 1.165) is 9.87 Å². The van der Waals surface area contributed by atoms with Crippen molar-refractivity contribution in [2.75, 3.05) is 36.9 Å². The second-order valence-corrected chi connectivity index (χ2v) is 12.5. The van der Waals surface area contributed by atoms with Crippen molar-refractivity contribution >= 4 is 27.5 Å². The van der Waals surface area contributed by atoms with Crippen molar-refractivity contribution in [1.29, 1.82) is 0 Å². The number of nitrogens with zero attached hydrogens (tertiary/aromatic N) is 2. The van der Waals surface area contributed by atoms with Gasteiger partial charge < -0.3 is 24.4 Å². The highest BCUT2D eigenvalue weighted by molar-refractivity contribution is 7.92. The second-order valence-electron chi connectivity index (χ2n) is 10.3. The Morgan fingerprint density at radius 3 is 2.23 bits per heavy atom. The number of hydrogen-bond acceptors (Lipinski definition) is 7. The van der Waals surface area contributed by atoms with Crippen LogP contribution in [-0.2, 0) is 26.2 Å². The second kappa shape index (κ2) is 12.6. The zero-order valence-corrected chi connectivity index (χ0v) is 24.3. The van der Waals surface area contributed by atoms with Gasteiger partial charge in [0.05, 0.1) is 18.6 Å². The number of sulfonamides is 1. The van der Waals surface area contributed by atoms with E-state index in [0.29, 0.717) is 36.9 Å². The van der Waals surface area contributed by atoms with Gasteiger partial charge in [-0.2, -0.15) is 0 Å². The Labute approximate surface area is 231 Å². The fourth-order valence-electron chi connectivity index (χ4n) is 4.21. The standard InChI is InChI=1S/C28H39N3O7S/c1-7-23(27(33)29-28(3,4)5)30(18-20-9-12-22(36-6)13-10-20)26(32)19-31(39(34,35)8-2)21-11-14-24-25(17-21)38-16-15-37-24/h9-14,17,23H,7-8,15-16,18-19H2,1-6H3,(H,29,33)/t23-/m0/s1. The number of ether oxygens (including phenoxy) is 3. The maximum Gasteiger partial charge on any atom is 0.244 e. The van der Waals surface area contributed by atoms with Gasteiger partial charge in [0.25, 0.3) is 0 Å². The highest BCUT2D eigenvalue weighted by Gasteiger charge is 2.34. The Morgan fingerprint density at radius 1 is 1.03 bits per heavy atom. The first-order valence-electron chi connectivity index (χ1n) is 13.0. The molecule has 1 aliphatic heterocycles. The van der Waals surface area contributed by atoms with Gasteiger partial charge in [-0.25, -0.2) is 8.42 Å². The van der Waals surface area contributed by atoms with Crippen LogP contribution in [0, 0.1) is 0 Å². The molecule has 0 aliphatic carbocycles. The first-order valence-corrected chi connectivity index (χ1v) is 14.6. The molecule has 1 heterocycles. The lowest BCUT2D eigenvalue weighted by Gasteiger charge is -2.35. The van der Waals surface area contributed by atoms with Crippen molar-refractivity contribution in [3.8, 4) is 17.2 Å². The van der Waals surface area contributed by atoms with E-state index in [2.05, 4.69) is 5.32 Å². The predicted octanol–water partition coefficient (Wildman–Crippen LogP) is 3.34. The Hall–Kier alpha value is -3.47. The third-order valence-corrected chi connectivity index (χ3v) is 7.93. The lowest BCUT2D eigenvalue weighted by Crippen LogP contribution is -2.55. The molecule has 2 aromatic rings. The number of rotatable bonds is 11. The maximum atomic E-state index is 13.9. The molecule has 11 heteroatoms. The summed E-state index contributed by atoms with van der Waals surface area (Å²) in [6.45, 7) is 9.31. The van der Waals surface area contributed by atoms with E-state index < -0.39 is 34.1 Å². The Balaban J connectivity index is 1.99. The molecule has 0 aromatic heterocycles. The normalized spacial score (nSPS) is 13.8. The van der Waals surface area contributed by atoms with Crippen molar-refractivity contribution in [3.05, 3.63) is 48.0 Å². The van der Waals surface area contributed by atoms with Crippen LogP contribution in [0.1, 0.15) is 46.6 Å². The van der Waals surface area contributed by atoms with E-state index >= 15 is 0 Å². The van der Waals surface area contributed by atoms with E-state index in [-0.39, 0.29) is 23.9 Å². The number of carbonyl (C=O) groups is 2. The third kappa shape index (κ3) is 7.78. The third-order valence-electron chi connectivity index (χ3n) is 6.19. The number of benzene rings is 2. The molecule has 10 nitrogen and oxygen atoms in total. The van der Waals surface area contributed by atoms with E-state index in [1.807, 2.05) is 39.8 Å². The van der Waals surface area contributed by atoms with Crippen molar-refractivity contribution < 1.29 is 32.2 Å². The quantitative estimate of drug-likeness (QED) is 0.448. The van der Waals surface area contributed by atoms with Crippen LogP contribution < -0.4 is 23.8 Å². The van der Waals surface area contributed by atoms with Gasteiger partial charge in [0, 0.05) is 18.2 Å². The van der Waals surface area contributed by atoms with Crippen LogP contribution in [0.15, 0.2) is 42.5 Å². The molecule has 0 saturated heterocycles. The van der Waals surface area contributed by atoms with Gasteiger partial charge in [0.15, 0.2) is 11.5 Å². The summed E-state index contributed by atoms with van der Waals surface area (Å²) in [5, 5.41) is 2.96. The Morgan fingerprint density at radius 2 is 1.67 bits per heavy atom. The minimum absolute atomic E-state index is 0.111. The highest BCUT2D eigenvalue weighted by atomic mass is 32.2. The molecule has 3 rings (SSSR count). The summed E-state index contributed by atoms with van der Waals surface area (Å²) in [6.07, 6.45) is 0.342. The molecule has 2 amide bonds. The molecule has 0 saturated carbocycles. The van der Waals surface area contributed by atoms with Gasteiger partial charge in [-0.1, -0.05) is 19.1 Å². The summed E-state index contributed by atoms with van der Waals surface area (Å²) < 4.78 is 43.9. The van der Waals surface area contributed by atoms with Crippen molar-refractivity contribution in [1.82, 2.24) is 10.2 Å². The van der Waals surface area contributed by atoms with Crippen molar-refractivity contribution in [3.63, 3.8) is 0 Å². The van der Waals surface area contributed by atoms with Crippen LogP contribution in [0.5, 0.6) is 17.2 Å². The van der Waals surface area contributed by atoms with E-state index in [1.165, 1.54) is 11.8 Å². The SMILES string of the molecule is CC[C@@H](C(=O)NC(C)(C)C)N(Cc1ccc(OC)cc1)C(=O)CN(c1ccc2c(c1)OCCO2)S(=O)(=O)CC. The van der Waals surface area contributed by atoms with Gasteiger partial charge >= 0.3 is 0 Å². The fourth-order valence-corrected chi connectivity index (χ4v) is 5.26. The number of anilines is 1. The molecule has 1 aliphatic rings. The van der Waals surface area contributed by atoms with Crippen LogP contribution in [0.25, 0.3) is 0 Å². The first kappa shape index (κ1) is 30.1. The topological polar surface area (TPSA) is 114 Å². The highest BCUT2D eigenvalue weighted by Crippen LogP contribution is 2.35. The van der Waals surface area contributed by atoms with Crippen LogP contribution >= 0.6 is 0 Å². The lowest BCUT2D eigenvalue weighted by molar-refractivity contribution is -0.141. The molecule has 2 aromatic carbocycles. The summed E-state index contributed by atoms with van der Waals surface area (Å²) >= 11 is 0.